The fraction of sp³-hybridized carbons (Fsp3) is 0.462. The van der Waals surface area contributed by atoms with E-state index in [1.807, 2.05) is 12.1 Å². The molecule has 1 saturated heterocycles. The van der Waals surface area contributed by atoms with Crippen LogP contribution >= 0.6 is 11.8 Å². The molecule has 0 amide bonds. The van der Waals surface area contributed by atoms with Crippen LogP contribution in [0.4, 0.5) is 0 Å². The maximum Gasteiger partial charge on any atom is 0.0991 e. The summed E-state index contributed by atoms with van der Waals surface area (Å²) < 4.78 is 0. The number of rotatable bonds is 4. The number of hydrogen-bond donors (Lipinski definition) is 4. The van der Waals surface area contributed by atoms with E-state index >= 15 is 0 Å². The van der Waals surface area contributed by atoms with Crippen molar-refractivity contribution in [2.24, 2.45) is 0 Å². The van der Waals surface area contributed by atoms with Crippen LogP contribution in [0.3, 0.4) is 0 Å². The Hall–Kier alpha value is -1.10. The SMILES string of the molecule is N#Cc1ccc(SCC2NC(CO)C(O)C2O)cc1. The first kappa shape index (κ1) is 14.3. The Morgan fingerprint density at radius 2 is 1.79 bits per heavy atom. The van der Waals surface area contributed by atoms with E-state index in [0.29, 0.717) is 11.3 Å². The van der Waals surface area contributed by atoms with E-state index in [0.717, 1.165) is 4.90 Å². The van der Waals surface area contributed by atoms with Gasteiger partial charge in [-0.15, -0.1) is 11.8 Å². The molecule has 1 fully saturated rings. The van der Waals surface area contributed by atoms with Gasteiger partial charge in [-0.05, 0) is 24.3 Å². The smallest absolute Gasteiger partial charge is 0.0991 e. The van der Waals surface area contributed by atoms with Crippen molar-refractivity contribution < 1.29 is 15.3 Å². The lowest BCUT2D eigenvalue weighted by atomic mass is 10.1. The van der Waals surface area contributed by atoms with Crippen LogP contribution in [0.15, 0.2) is 29.2 Å². The summed E-state index contributed by atoms with van der Waals surface area (Å²) in [5.41, 5.74) is 0.610. The van der Waals surface area contributed by atoms with Crippen LogP contribution in [0.1, 0.15) is 5.56 Å². The first-order valence-corrected chi connectivity index (χ1v) is 7.00. The molecule has 1 aromatic carbocycles. The summed E-state index contributed by atoms with van der Waals surface area (Å²) in [6.07, 6.45) is -1.81. The molecule has 6 heteroatoms. The molecule has 0 spiro atoms. The van der Waals surface area contributed by atoms with Gasteiger partial charge in [0.15, 0.2) is 0 Å². The molecular formula is C13H16N2O3S. The molecule has 0 aliphatic carbocycles. The molecule has 2 rings (SSSR count). The van der Waals surface area contributed by atoms with Gasteiger partial charge >= 0.3 is 0 Å². The lowest BCUT2D eigenvalue weighted by Crippen LogP contribution is -2.37. The lowest BCUT2D eigenvalue weighted by molar-refractivity contribution is 0.0219. The zero-order valence-electron chi connectivity index (χ0n) is 10.2. The molecular weight excluding hydrogens is 264 g/mol. The fourth-order valence-corrected chi connectivity index (χ4v) is 3.06. The van der Waals surface area contributed by atoms with Crippen molar-refractivity contribution in [3.63, 3.8) is 0 Å². The summed E-state index contributed by atoms with van der Waals surface area (Å²) in [6.45, 7) is -0.198. The van der Waals surface area contributed by atoms with Crippen molar-refractivity contribution in [2.45, 2.75) is 29.2 Å². The van der Waals surface area contributed by atoms with Crippen LogP contribution in [0.5, 0.6) is 0 Å². The van der Waals surface area contributed by atoms with Crippen molar-refractivity contribution in [1.82, 2.24) is 5.32 Å². The molecule has 4 N–H and O–H groups in total. The minimum atomic E-state index is -0.934. The maximum atomic E-state index is 9.84. The van der Waals surface area contributed by atoms with Gasteiger partial charge in [0, 0.05) is 16.7 Å². The fourth-order valence-electron chi connectivity index (χ4n) is 2.07. The number of thioether (sulfide) groups is 1. The number of nitrogens with zero attached hydrogens (tertiary/aromatic N) is 1. The van der Waals surface area contributed by atoms with Gasteiger partial charge in [-0.2, -0.15) is 5.26 Å². The minimum Gasteiger partial charge on any atom is -0.395 e. The normalized spacial score (nSPS) is 30.2. The highest BCUT2D eigenvalue weighted by Gasteiger charge is 2.40. The Morgan fingerprint density at radius 3 is 2.32 bits per heavy atom. The largest absolute Gasteiger partial charge is 0.395 e. The van der Waals surface area contributed by atoms with Gasteiger partial charge in [-0.1, -0.05) is 0 Å². The second-order valence-corrected chi connectivity index (χ2v) is 5.58. The summed E-state index contributed by atoms with van der Waals surface area (Å²) in [4.78, 5) is 0.995. The summed E-state index contributed by atoms with van der Waals surface area (Å²) in [7, 11) is 0. The van der Waals surface area contributed by atoms with Gasteiger partial charge < -0.3 is 20.6 Å². The number of hydrogen-bond acceptors (Lipinski definition) is 6. The second-order valence-electron chi connectivity index (χ2n) is 4.49. The van der Waals surface area contributed by atoms with E-state index in [2.05, 4.69) is 11.4 Å². The Labute approximate surface area is 115 Å². The third kappa shape index (κ3) is 3.26. The maximum absolute atomic E-state index is 9.84. The Morgan fingerprint density at radius 1 is 1.16 bits per heavy atom. The van der Waals surface area contributed by atoms with E-state index in [1.165, 1.54) is 11.8 Å². The van der Waals surface area contributed by atoms with E-state index in [4.69, 9.17) is 10.4 Å². The molecule has 1 aliphatic heterocycles. The quantitative estimate of drug-likeness (QED) is 0.566. The average molecular weight is 280 g/mol. The summed E-state index contributed by atoms with van der Waals surface area (Å²) in [6, 6.07) is 8.52. The molecule has 0 saturated carbocycles. The topological polar surface area (TPSA) is 96.5 Å². The Bertz CT molecular complexity index is 460. The number of nitriles is 1. The summed E-state index contributed by atoms with van der Waals surface area (Å²) >= 11 is 1.53. The Kier molecular flexibility index (Phi) is 4.80. The van der Waals surface area contributed by atoms with Crippen molar-refractivity contribution in [3.05, 3.63) is 29.8 Å². The van der Waals surface area contributed by atoms with Gasteiger partial charge in [0.05, 0.1) is 36.5 Å². The van der Waals surface area contributed by atoms with Crippen LogP contribution in [-0.4, -0.2) is 52.0 Å². The number of benzene rings is 1. The first-order valence-electron chi connectivity index (χ1n) is 6.01. The highest BCUT2D eigenvalue weighted by atomic mass is 32.2. The highest BCUT2D eigenvalue weighted by molar-refractivity contribution is 7.99. The number of nitrogens with one attached hydrogen (secondary N) is 1. The van der Waals surface area contributed by atoms with Crippen LogP contribution in [0.2, 0.25) is 0 Å². The molecule has 1 aliphatic rings. The molecule has 1 aromatic rings. The molecule has 0 aromatic heterocycles. The van der Waals surface area contributed by atoms with Gasteiger partial charge in [-0.25, -0.2) is 0 Å². The van der Waals surface area contributed by atoms with Crippen molar-refractivity contribution in [3.8, 4) is 6.07 Å². The number of aliphatic hydroxyl groups is 3. The van der Waals surface area contributed by atoms with Gasteiger partial charge in [0.25, 0.3) is 0 Å². The standard InChI is InChI=1S/C13H16N2O3S/c14-5-8-1-3-9(4-2-8)19-7-11-13(18)12(17)10(6-16)15-11/h1-4,10-13,15-18H,6-7H2. The minimum absolute atomic E-state index is 0.198. The molecule has 1 heterocycles. The summed E-state index contributed by atoms with van der Waals surface area (Å²) in [5.74, 6) is 0.584. The first-order chi connectivity index (χ1) is 9.15. The zero-order chi connectivity index (χ0) is 13.8. The third-order valence-electron chi connectivity index (χ3n) is 3.21. The van der Waals surface area contributed by atoms with Crippen LogP contribution in [0, 0.1) is 11.3 Å². The average Bonchev–Trinajstić information content (AvgIpc) is 2.73. The van der Waals surface area contributed by atoms with Crippen molar-refractivity contribution >= 4 is 11.8 Å². The predicted molar refractivity (Wildman–Crippen MR) is 71.7 cm³/mol. The molecule has 102 valence electrons. The third-order valence-corrected chi connectivity index (χ3v) is 4.34. The molecule has 19 heavy (non-hydrogen) atoms. The molecule has 5 nitrogen and oxygen atoms in total. The zero-order valence-corrected chi connectivity index (χ0v) is 11.0. The molecule has 4 unspecified atom stereocenters. The van der Waals surface area contributed by atoms with Crippen molar-refractivity contribution in [2.75, 3.05) is 12.4 Å². The van der Waals surface area contributed by atoms with Crippen molar-refractivity contribution in [1.29, 1.82) is 5.26 Å². The van der Waals surface area contributed by atoms with Gasteiger partial charge in [0.1, 0.15) is 0 Å². The van der Waals surface area contributed by atoms with Crippen LogP contribution in [0.25, 0.3) is 0 Å². The highest BCUT2D eigenvalue weighted by Crippen LogP contribution is 2.23. The molecule has 0 radical (unpaired) electrons. The molecule has 4 atom stereocenters. The van der Waals surface area contributed by atoms with Gasteiger partial charge in [-0.3, -0.25) is 0 Å². The monoisotopic (exact) mass is 280 g/mol. The second kappa shape index (κ2) is 6.37. The van der Waals surface area contributed by atoms with E-state index in [9.17, 15) is 10.2 Å². The van der Waals surface area contributed by atoms with E-state index in [-0.39, 0.29) is 12.6 Å². The Balaban J connectivity index is 1.90. The van der Waals surface area contributed by atoms with Gasteiger partial charge in [0.2, 0.25) is 0 Å². The lowest BCUT2D eigenvalue weighted by Gasteiger charge is -2.15. The van der Waals surface area contributed by atoms with Crippen LogP contribution in [-0.2, 0) is 0 Å². The summed E-state index contributed by atoms with van der Waals surface area (Å²) in [5, 5.41) is 40.3. The molecule has 0 bridgehead atoms. The number of aliphatic hydroxyl groups excluding tert-OH is 3. The van der Waals surface area contributed by atoms with Crippen LogP contribution < -0.4 is 5.32 Å². The predicted octanol–water partition coefficient (Wildman–Crippen LogP) is -0.295. The van der Waals surface area contributed by atoms with E-state index in [1.54, 1.807) is 12.1 Å². The van der Waals surface area contributed by atoms with E-state index < -0.39 is 18.2 Å².